The molecule has 0 aliphatic heterocycles. The van der Waals surface area contributed by atoms with Gasteiger partial charge in [0, 0.05) is 17.6 Å². The number of aliphatic carboxylic acids is 1. The molecular weight excluding hydrogens is 238 g/mol. The number of fused-ring (bicyclic) bond motifs is 1. The summed E-state index contributed by atoms with van der Waals surface area (Å²) in [7, 11) is 0. The smallest absolute Gasteiger partial charge is 0.326 e. The molecule has 3 heteroatoms. The monoisotopic (exact) mass is 257 g/mol. The van der Waals surface area contributed by atoms with Gasteiger partial charge in [-0.25, -0.2) is 4.79 Å². The minimum absolute atomic E-state index is 0.476. The molecular formula is C16H19NO2. The molecule has 0 unspecified atom stereocenters. The number of hydrogen-bond acceptors (Lipinski definition) is 2. The number of benzene rings is 2. The molecule has 100 valence electrons. The normalized spacial score (nSPS) is 12.3. The fraction of sp³-hybridized carbons (Fsp3) is 0.312. The fourth-order valence-electron chi connectivity index (χ4n) is 2.55. The largest absolute Gasteiger partial charge is 0.480 e. The number of nitrogens with zero attached hydrogens (tertiary/aromatic N) is 1. The average molecular weight is 257 g/mol. The first-order valence-corrected chi connectivity index (χ1v) is 6.66. The lowest BCUT2D eigenvalue weighted by atomic mass is 10.1. The maximum absolute atomic E-state index is 11.4. The molecule has 0 aliphatic rings. The fourth-order valence-corrected chi connectivity index (χ4v) is 2.55. The molecule has 2 rings (SSSR count). The third kappa shape index (κ3) is 2.55. The van der Waals surface area contributed by atoms with Crippen LogP contribution in [0.15, 0.2) is 42.5 Å². The first kappa shape index (κ1) is 13.4. The van der Waals surface area contributed by atoms with Gasteiger partial charge in [-0.1, -0.05) is 43.3 Å². The summed E-state index contributed by atoms with van der Waals surface area (Å²) in [6.45, 7) is 4.58. The van der Waals surface area contributed by atoms with Gasteiger partial charge in [-0.05, 0) is 24.8 Å². The first-order chi connectivity index (χ1) is 9.19. The molecule has 0 radical (unpaired) electrons. The summed E-state index contributed by atoms with van der Waals surface area (Å²) in [5, 5.41) is 11.6. The van der Waals surface area contributed by atoms with Crippen molar-refractivity contribution in [3.05, 3.63) is 42.5 Å². The highest BCUT2D eigenvalue weighted by Gasteiger charge is 2.23. The topological polar surface area (TPSA) is 40.5 Å². The van der Waals surface area contributed by atoms with Gasteiger partial charge in [-0.2, -0.15) is 0 Å². The molecule has 0 spiro atoms. The van der Waals surface area contributed by atoms with Crippen LogP contribution in [0, 0.1) is 0 Å². The number of carboxylic acid groups (broad SMARTS) is 1. The number of anilines is 1. The lowest BCUT2D eigenvalue weighted by Gasteiger charge is -2.30. The van der Waals surface area contributed by atoms with Crippen molar-refractivity contribution in [2.75, 3.05) is 11.4 Å². The van der Waals surface area contributed by atoms with Crippen LogP contribution >= 0.6 is 0 Å². The van der Waals surface area contributed by atoms with Gasteiger partial charge in [-0.3, -0.25) is 0 Å². The predicted octanol–water partition coefficient (Wildman–Crippen LogP) is 3.53. The van der Waals surface area contributed by atoms with Crippen molar-refractivity contribution < 1.29 is 9.90 Å². The van der Waals surface area contributed by atoms with Crippen LogP contribution in [0.5, 0.6) is 0 Å². The van der Waals surface area contributed by atoms with E-state index in [0.29, 0.717) is 13.0 Å². The van der Waals surface area contributed by atoms with E-state index in [2.05, 4.69) is 0 Å². The second-order valence-corrected chi connectivity index (χ2v) is 4.55. The number of likely N-dealkylation sites (N-methyl/N-ethyl adjacent to an activating group) is 1. The van der Waals surface area contributed by atoms with Gasteiger partial charge >= 0.3 is 5.97 Å². The van der Waals surface area contributed by atoms with Gasteiger partial charge in [0.15, 0.2) is 0 Å². The quantitative estimate of drug-likeness (QED) is 0.890. The van der Waals surface area contributed by atoms with Crippen LogP contribution in [0.25, 0.3) is 10.8 Å². The summed E-state index contributed by atoms with van der Waals surface area (Å²) in [6, 6.07) is 13.6. The van der Waals surface area contributed by atoms with Crippen LogP contribution < -0.4 is 4.90 Å². The van der Waals surface area contributed by atoms with Crippen LogP contribution in [0.4, 0.5) is 5.69 Å². The van der Waals surface area contributed by atoms with E-state index in [0.717, 1.165) is 16.5 Å². The summed E-state index contributed by atoms with van der Waals surface area (Å²) < 4.78 is 0. The van der Waals surface area contributed by atoms with Gasteiger partial charge in [0.05, 0.1) is 0 Å². The van der Waals surface area contributed by atoms with Gasteiger partial charge in [-0.15, -0.1) is 0 Å². The zero-order chi connectivity index (χ0) is 13.8. The minimum Gasteiger partial charge on any atom is -0.480 e. The number of hydrogen-bond donors (Lipinski definition) is 1. The molecule has 1 atom stereocenters. The average Bonchev–Trinajstić information content (AvgIpc) is 2.43. The van der Waals surface area contributed by atoms with Crippen LogP contribution in [0.2, 0.25) is 0 Å². The number of carboxylic acids is 1. The third-order valence-corrected chi connectivity index (χ3v) is 3.46. The Kier molecular flexibility index (Phi) is 4.05. The van der Waals surface area contributed by atoms with E-state index >= 15 is 0 Å². The molecule has 0 bridgehead atoms. The van der Waals surface area contributed by atoms with Crippen molar-refractivity contribution in [1.29, 1.82) is 0 Å². The molecule has 0 heterocycles. The van der Waals surface area contributed by atoms with Gasteiger partial charge in [0.2, 0.25) is 0 Å². The van der Waals surface area contributed by atoms with E-state index in [1.54, 1.807) is 0 Å². The van der Waals surface area contributed by atoms with E-state index in [1.807, 2.05) is 61.2 Å². The summed E-state index contributed by atoms with van der Waals surface area (Å²) in [4.78, 5) is 13.4. The van der Waals surface area contributed by atoms with E-state index in [1.165, 1.54) is 0 Å². The molecule has 19 heavy (non-hydrogen) atoms. The Hall–Kier alpha value is -2.03. The van der Waals surface area contributed by atoms with Crippen molar-refractivity contribution in [2.45, 2.75) is 26.3 Å². The van der Waals surface area contributed by atoms with E-state index < -0.39 is 12.0 Å². The van der Waals surface area contributed by atoms with Crippen molar-refractivity contribution >= 4 is 22.4 Å². The molecule has 0 amide bonds. The second kappa shape index (κ2) is 5.74. The SMILES string of the molecule is CC[C@H](C(=O)O)N(CC)c1cccc2ccccc12. The molecule has 0 aromatic heterocycles. The summed E-state index contributed by atoms with van der Waals surface area (Å²) in [5.74, 6) is -0.766. The first-order valence-electron chi connectivity index (χ1n) is 6.66. The van der Waals surface area contributed by atoms with E-state index in [4.69, 9.17) is 0 Å². The Morgan fingerprint density at radius 3 is 2.47 bits per heavy atom. The highest BCUT2D eigenvalue weighted by atomic mass is 16.4. The molecule has 0 saturated heterocycles. The predicted molar refractivity (Wildman–Crippen MR) is 78.7 cm³/mol. The van der Waals surface area contributed by atoms with Crippen molar-refractivity contribution in [3.8, 4) is 0 Å². The van der Waals surface area contributed by atoms with Crippen LogP contribution in [-0.2, 0) is 4.79 Å². The van der Waals surface area contributed by atoms with Crippen molar-refractivity contribution in [2.24, 2.45) is 0 Å². The van der Waals surface area contributed by atoms with Crippen LogP contribution in [0.3, 0.4) is 0 Å². The second-order valence-electron chi connectivity index (χ2n) is 4.55. The van der Waals surface area contributed by atoms with Gasteiger partial charge in [0.25, 0.3) is 0 Å². The standard InChI is InChI=1S/C16H19NO2/c1-3-14(16(18)19)17(4-2)15-11-7-9-12-8-5-6-10-13(12)15/h5-11,14H,3-4H2,1-2H3,(H,18,19)/t14-/m1/s1. The van der Waals surface area contributed by atoms with E-state index in [-0.39, 0.29) is 0 Å². The molecule has 2 aromatic carbocycles. The van der Waals surface area contributed by atoms with Crippen LogP contribution in [0.1, 0.15) is 20.3 Å². The third-order valence-electron chi connectivity index (χ3n) is 3.46. The Bertz CT molecular complexity index is 574. The maximum Gasteiger partial charge on any atom is 0.326 e. The molecule has 3 nitrogen and oxygen atoms in total. The summed E-state index contributed by atoms with van der Waals surface area (Å²) in [5.41, 5.74) is 0.995. The Balaban J connectivity index is 2.54. The van der Waals surface area contributed by atoms with Crippen LogP contribution in [-0.4, -0.2) is 23.7 Å². The molecule has 0 aliphatic carbocycles. The lowest BCUT2D eigenvalue weighted by molar-refractivity contribution is -0.138. The zero-order valence-corrected chi connectivity index (χ0v) is 11.3. The Labute approximate surface area is 113 Å². The summed E-state index contributed by atoms with van der Waals surface area (Å²) in [6.07, 6.45) is 0.590. The highest BCUT2D eigenvalue weighted by molar-refractivity contribution is 5.95. The van der Waals surface area contributed by atoms with Crippen molar-refractivity contribution in [1.82, 2.24) is 0 Å². The Morgan fingerprint density at radius 2 is 1.84 bits per heavy atom. The molecule has 2 aromatic rings. The zero-order valence-electron chi connectivity index (χ0n) is 11.3. The van der Waals surface area contributed by atoms with Crippen molar-refractivity contribution in [3.63, 3.8) is 0 Å². The highest BCUT2D eigenvalue weighted by Crippen LogP contribution is 2.28. The number of rotatable bonds is 5. The number of carbonyl (C=O) groups is 1. The van der Waals surface area contributed by atoms with Gasteiger partial charge in [0.1, 0.15) is 6.04 Å². The Morgan fingerprint density at radius 1 is 1.16 bits per heavy atom. The summed E-state index contributed by atoms with van der Waals surface area (Å²) >= 11 is 0. The van der Waals surface area contributed by atoms with Gasteiger partial charge < -0.3 is 10.0 Å². The molecule has 0 fully saturated rings. The van der Waals surface area contributed by atoms with E-state index in [9.17, 15) is 9.90 Å². The molecule has 1 N–H and O–H groups in total. The lowest BCUT2D eigenvalue weighted by Crippen LogP contribution is -2.40. The minimum atomic E-state index is -0.766. The maximum atomic E-state index is 11.4. The molecule has 0 saturated carbocycles.